The van der Waals surface area contributed by atoms with Gasteiger partial charge in [-0.25, -0.2) is 4.39 Å². The van der Waals surface area contributed by atoms with Crippen LogP contribution in [0.1, 0.15) is 5.56 Å². The Balaban J connectivity index is 2.61. The summed E-state index contributed by atoms with van der Waals surface area (Å²) in [5, 5.41) is 0.143. The zero-order valence-corrected chi connectivity index (χ0v) is 9.32. The van der Waals surface area contributed by atoms with Gasteiger partial charge in [0, 0.05) is 10.9 Å². The van der Waals surface area contributed by atoms with Crippen LogP contribution in [-0.2, 0) is 6.42 Å². The zero-order chi connectivity index (χ0) is 11.9. The second-order valence-electron chi connectivity index (χ2n) is 3.26. The lowest BCUT2D eigenvalue weighted by Gasteiger charge is -2.04. The average molecular weight is 297 g/mol. The van der Waals surface area contributed by atoms with Crippen molar-refractivity contribution in [3.8, 4) is 0 Å². The molecule has 0 fully saturated rings. The molecular weight excluding hydrogens is 292 g/mol. The molecule has 86 valence electrons. The predicted octanol–water partition coefficient (Wildman–Crippen LogP) is 4.44. The predicted molar refractivity (Wildman–Crippen MR) is 53.6 cm³/mol. The van der Waals surface area contributed by atoms with Crippen LogP contribution in [0.3, 0.4) is 0 Å². The van der Waals surface area contributed by atoms with E-state index in [-0.39, 0.29) is 21.2 Å². The highest BCUT2D eigenvalue weighted by Crippen LogP contribution is 2.35. The van der Waals surface area contributed by atoms with Crippen LogP contribution in [0.4, 0.5) is 17.6 Å². The van der Waals surface area contributed by atoms with Gasteiger partial charge in [-0.15, -0.1) is 0 Å². The molecule has 0 N–H and O–H groups in total. The molecule has 0 bridgehead atoms. The van der Waals surface area contributed by atoms with E-state index in [2.05, 4.69) is 15.9 Å². The van der Waals surface area contributed by atoms with Crippen molar-refractivity contribution in [1.82, 2.24) is 0 Å². The first kappa shape index (κ1) is 11.4. The van der Waals surface area contributed by atoms with E-state index in [4.69, 9.17) is 4.42 Å². The first-order valence-corrected chi connectivity index (χ1v) is 5.10. The van der Waals surface area contributed by atoms with Gasteiger partial charge in [0.2, 0.25) is 0 Å². The molecule has 0 amide bonds. The molecule has 0 aliphatic rings. The maximum Gasteiger partial charge on any atom is 0.393 e. The molecule has 1 nitrogen and oxygen atoms in total. The van der Waals surface area contributed by atoms with Crippen LogP contribution in [0.2, 0.25) is 0 Å². The Morgan fingerprint density at radius 3 is 2.56 bits per heavy atom. The molecule has 0 unspecified atom stereocenters. The van der Waals surface area contributed by atoms with Crippen LogP contribution in [0.5, 0.6) is 0 Å². The summed E-state index contributed by atoms with van der Waals surface area (Å²) in [5.74, 6) is -0.674. The second-order valence-corrected chi connectivity index (χ2v) is 3.98. The van der Waals surface area contributed by atoms with Gasteiger partial charge < -0.3 is 4.42 Å². The van der Waals surface area contributed by atoms with Crippen LogP contribution < -0.4 is 0 Å². The number of furan rings is 1. The third-order valence-corrected chi connectivity index (χ3v) is 2.74. The maximum absolute atomic E-state index is 13.2. The van der Waals surface area contributed by atoms with Crippen molar-refractivity contribution in [2.75, 3.05) is 0 Å². The first-order chi connectivity index (χ1) is 7.38. The molecule has 0 aliphatic heterocycles. The summed E-state index contributed by atoms with van der Waals surface area (Å²) < 4.78 is 54.9. The Morgan fingerprint density at radius 2 is 1.94 bits per heavy atom. The van der Waals surface area contributed by atoms with Crippen LogP contribution >= 0.6 is 15.9 Å². The Labute approximate surface area is 96.2 Å². The van der Waals surface area contributed by atoms with Crippen LogP contribution in [0.25, 0.3) is 11.0 Å². The van der Waals surface area contributed by atoms with Gasteiger partial charge in [0.15, 0.2) is 16.1 Å². The minimum absolute atomic E-state index is 0.0788. The average Bonchev–Trinajstić information content (AvgIpc) is 2.44. The number of rotatable bonds is 1. The Kier molecular flexibility index (Phi) is 2.69. The number of alkyl halides is 3. The second kappa shape index (κ2) is 3.76. The Morgan fingerprint density at radius 1 is 1.25 bits per heavy atom. The van der Waals surface area contributed by atoms with Crippen LogP contribution in [-0.4, -0.2) is 6.18 Å². The highest BCUT2D eigenvalue weighted by atomic mass is 79.9. The minimum atomic E-state index is -4.36. The maximum atomic E-state index is 13.2. The molecule has 2 rings (SSSR count). The summed E-state index contributed by atoms with van der Waals surface area (Å²) in [4.78, 5) is 0. The molecule has 1 heterocycles. The van der Waals surface area contributed by atoms with E-state index in [9.17, 15) is 17.6 Å². The summed E-state index contributed by atoms with van der Waals surface area (Å²) in [6, 6.07) is 3.88. The third-order valence-electron chi connectivity index (χ3n) is 2.10. The molecular formula is C10H5BrF4O. The lowest BCUT2D eigenvalue weighted by atomic mass is 10.1. The normalized spacial score (nSPS) is 12.3. The highest BCUT2D eigenvalue weighted by Gasteiger charge is 2.31. The van der Waals surface area contributed by atoms with Gasteiger partial charge in [0.25, 0.3) is 0 Å². The number of para-hydroxylation sites is 1. The van der Waals surface area contributed by atoms with Gasteiger partial charge >= 0.3 is 6.18 Å². The monoisotopic (exact) mass is 296 g/mol. The number of hydrogen-bond acceptors (Lipinski definition) is 1. The smallest absolute Gasteiger partial charge is 0.393 e. The largest absolute Gasteiger partial charge is 0.446 e. The SMILES string of the molecule is Fc1cccc2c(CC(F)(F)F)c(Br)oc12. The fraction of sp³-hybridized carbons (Fsp3) is 0.200. The summed E-state index contributed by atoms with van der Waals surface area (Å²) in [5.41, 5.74) is -0.240. The van der Waals surface area contributed by atoms with Crippen molar-refractivity contribution >= 4 is 26.9 Å². The molecule has 0 saturated heterocycles. The van der Waals surface area contributed by atoms with Gasteiger partial charge in [0.05, 0.1) is 6.42 Å². The van der Waals surface area contributed by atoms with Gasteiger partial charge in [-0.05, 0) is 22.0 Å². The van der Waals surface area contributed by atoms with E-state index in [0.717, 1.165) is 6.07 Å². The van der Waals surface area contributed by atoms with E-state index < -0.39 is 18.4 Å². The Hall–Kier alpha value is -1.04. The first-order valence-electron chi connectivity index (χ1n) is 4.30. The molecule has 1 aromatic carbocycles. The lowest BCUT2D eigenvalue weighted by molar-refractivity contribution is -0.127. The third kappa shape index (κ3) is 2.07. The number of halogens is 5. The van der Waals surface area contributed by atoms with Gasteiger partial charge in [-0.2, -0.15) is 13.2 Å². The van der Waals surface area contributed by atoms with E-state index >= 15 is 0 Å². The highest BCUT2D eigenvalue weighted by molar-refractivity contribution is 9.10. The molecule has 1 aromatic heterocycles. The summed E-state index contributed by atoms with van der Waals surface area (Å²) in [6.45, 7) is 0. The van der Waals surface area contributed by atoms with E-state index in [1.165, 1.54) is 12.1 Å². The van der Waals surface area contributed by atoms with Crippen LogP contribution in [0, 0.1) is 5.82 Å². The van der Waals surface area contributed by atoms with Gasteiger partial charge in [-0.3, -0.25) is 0 Å². The molecule has 0 spiro atoms. The molecule has 0 atom stereocenters. The van der Waals surface area contributed by atoms with Crippen molar-refractivity contribution in [2.45, 2.75) is 12.6 Å². The minimum Gasteiger partial charge on any atom is -0.446 e. The Bertz CT molecular complexity index is 529. The zero-order valence-electron chi connectivity index (χ0n) is 7.74. The van der Waals surface area contributed by atoms with E-state index in [1.807, 2.05) is 0 Å². The molecule has 0 aliphatic carbocycles. The molecule has 6 heteroatoms. The van der Waals surface area contributed by atoms with Crippen molar-refractivity contribution < 1.29 is 22.0 Å². The van der Waals surface area contributed by atoms with Gasteiger partial charge in [-0.1, -0.05) is 12.1 Å². The van der Waals surface area contributed by atoms with Crippen molar-refractivity contribution in [3.05, 3.63) is 34.2 Å². The molecule has 0 saturated carbocycles. The van der Waals surface area contributed by atoms with Crippen molar-refractivity contribution in [2.24, 2.45) is 0 Å². The van der Waals surface area contributed by atoms with Gasteiger partial charge in [0.1, 0.15) is 0 Å². The summed E-state index contributed by atoms with van der Waals surface area (Å²) in [7, 11) is 0. The number of hydrogen-bond donors (Lipinski definition) is 0. The molecule has 2 aromatic rings. The lowest BCUT2D eigenvalue weighted by Crippen LogP contribution is -2.11. The summed E-state index contributed by atoms with van der Waals surface area (Å²) >= 11 is 2.86. The molecule has 16 heavy (non-hydrogen) atoms. The van der Waals surface area contributed by atoms with Crippen molar-refractivity contribution in [3.63, 3.8) is 0 Å². The topological polar surface area (TPSA) is 13.1 Å². The standard InChI is InChI=1S/C10H5BrF4O/c11-9-6(4-10(13,14)15)5-2-1-3-7(12)8(5)16-9/h1-3H,4H2. The quantitative estimate of drug-likeness (QED) is 0.709. The van der Waals surface area contributed by atoms with Crippen LogP contribution in [0.15, 0.2) is 27.3 Å². The fourth-order valence-electron chi connectivity index (χ4n) is 1.47. The summed E-state index contributed by atoms with van der Waals surface area (Å²) in [6.07, 6.45) is -5.50. The van der Waals surface area contributed by atoms with E-state index in [0.29, 0.717) is 0 Å². The number of benzene rings is 1. The van der Waals surface area contributed by atoms with E-state index in [1.54, 1.807) is 0 Å². The fourth-order valence-corrected chi connectivity index (χ4v) is 1.99. The molecule has 0 radical (unpaired) electrons. The number of fused-ring (bicyclic) bond motifs is 1. The van der Waals surface area contributed by atoms with Crippen molar-refractivity contribution in [1.29, 1.82) is 0 Å².